The Kier molecular flexibility index (Phi) is 5.28. The number of carbonyl (C=O) groups excluding carboxylic acids is 1. The molecule has 0 unspecified atom stereocenters. The molecule has 5 nitrogen and oxygen atoms in total. The first-order valence-corrected chi connectivity index (χ1v) is 13.0. The highest BCUT2D eigenvalue weighted by Gasteiger charge is 2.45. The minimum atomic E-state index is -1.71. The van der Waals surface area contributed by atoms with Crippen LogP contribution in [0.5, 0.6) is 0 Å². The number of nitrogens with zero attached hydrogens (tertiary/aromatic N) is 2. The lowest BCUT2D eigenvalue weighted by molar-refractivity contribution is -0.133. The second-order valence-electron chi connectivity index (χ2n) is 10.1. The van der Waals surface area contributed by atoms with Crippen molar-refractivity contribution in [3.63, 3.8) is 0 Å². The van der Waals surface area contributed by atoms with E-state index in [-0.39, 0.29) is 6.42 Å². The van der Waals surface area contributed by atoms with Crippen LogP contribution < -0.4 is 5.32 Å². The van der Waals surface area contributed by atoms with Crippen molar-refractivity contribution in [3.05, 3.63) is 126 Å². The Bertz CT molecular complexity index is 1900. The number of amides is 1. The van der Waals surface area contributed by atoms with E-state index in [4.69, 9.17) is 9.97 Å². The zero-order valence-electron chi connectivity index (χ0n) is 21.3. The van der Waals surface area contributed by atoms with Crippen LogP contribution in [0.15, 0.2) is 109 Å². The fraction of sp³-hybridized carbons (Fsp3) is 0.0882. The third-order valence-electron chi connectivity index (χ3n) is 7.54. The van der Waals surface area contributed by atoms with Crippen molar-refractivity contribution in [1.82, 2.24) is 9.97 Å². The zero-order chi connectivity index (χ0) is 26.6. The fourth-order valence-electron chi connectivity index (χ4n) is 5.70. The molecule has 1 amide bonds. The lowest BCUT2D eigenvalue weighted by Crippen LogP contribution is -2.36. The van der Waals surface area contributed by atoms with Gasteiger partial charge < -0.3 is 10.4 Å². The third kappa shape index (κ3) is 3.78. The van der Waals surface area contributed by atoms with Gasteiger partial charge in [-0.1, -0.05) is 91.0 Å². The highest BCUT2D eigenvalue weighted by Crippen LogP contribution is 2.40. The number of anilines is 1. The second kappa shape index (κ2) is 8.86. The summed E-state index contributed by atoms with van der Waals surface area (Å²) in [5.41, 5.74) is 6.76. The molecule has 0 spiro atoms. The highest BCUT2D eigenvalue weighted by atomic mass is 16.3. The number of pyridine rings is 2. The summed E-state index contributed by atoms with van der Waals surface area (Å²) in [5, 5.41) is 16.5. The molecule has 2 aromatic heterocycles. The lowest BCUT2D eigenvalue weighted by Gasteiger charge is -2.21. The van der Waals surface area contributed by atoms with Crippen LogP contribution in [0.3, 0.4) is 0 Å². The fourth-order valence-corrected chi connectivity index (χ4v) is 5.70. The topological polar surface area (TPSA) is 75.1 Å². The van der Waals surface area contributed by atoms with Crippen molar-refractivity contribution in [2.45, 2.75) is 18.9 Å². The number of benzene rings is 4. The Balaban J connectivity index is 1.50. The van der Waals surface area contributed by atoms with Crippen LogP contribution in [0.2, 0.25) is 0 Å². The van der Waals surface area contributed by atoms with Crippen molar-refractivity contribution in [2.24, 2.45) is 0 Å². The van der Waals surface area contributed by atoms with Crippen LogP contribution >= 0.6 is 0 Å². The van der Waals surface area contributed by atoms with Gasteiger partial charge in [-0.3, -0.25) is 14.8 Å². The summed E-state index contributed by atoms with van der Waals surface area (Å²) in [6.45, 7) is 2.00. The first kappa shape index (κ1) is 23.3. The van der Waals surface area contributed by atoms with Gasteiger partial charge in [0, 0.05) is 39.8 Å². The molecule has 0 saturated carbocycles. The maximum absolute atomic E-state index is 13.0. The van der Waals surface area contributed by atoms with Crippen molar-refractivity contribution in [3.8, 4) is 22.3 Å². The summed E-state index contributed by atoms with van der Waals surface area (Å²) in [6.07, 6.45) is 0.0410. The summed E-state index contributed by atoms with van der Waals surface area (Å²) in [4.78, 5) is 23.1. The first-order chi connectivity index (χ1) is 19.0. The van der Waals surface area contributed by atoms with E-state index in [0.29, 0.717) is 16.9 Å². The molecule has 4 aromatic carbocycles. The predicted molar refractivity (Wildman–Crippen MR) is 155 cm³/mol. The number of rotatable bonds is 4. The number of hydrogen-bond donors (Lipinski definition) is 2. The number of aryl methyl sites for hydroxylation is 1. The Morgan fingerprint density at radius 1 is 0.718 bits per heavy atom. The van der Waals surface area contributed by atoms with Gasteiger partial charge in [-0.2, -0.15) is 0 Å². The van der Waals surface area contributed by atoms with Crippen molar-refractivity contribution < 1.29 is 9.90 Å². The number of aliphatic hydroxyl groups is 1. The van der Waals surface area contributed by atoms with Gasteiger partial charge in [0.2, 0.25) is 0 Å². The molecule has 0 saturated heterocycles. The quantitative estimate of drug-likeness (QED) is 0.257. The van der Waals surface area contributed by atoms with Crippen LogP contribution in [0.4, 0.5) is 5.69 Å². The molecule has 1 aliphatic rings. The van der Waals surface area contributed by atoms with Crippen molar-refractivity contribution in [1.29, 1.82) is 0 Å². The Labute approximate surface area is 225 Å². The highest BCUT2D eigenvalue weighted by molar-refractivity contribution is 6.12. The van der Waals surface area contributed by atoms with Gasteiger partial charge in [0.15, 0.2) is 5.60 Å². The largest absolute Gasteiger partial charge is 0.375 e. The minimum Gasteiger partial charge on any atom is -0.375 e. The number of hydrogen-bond acceptors (Lipinski definition) is 4. The maximum atomic E-state index is 13.0. The number of para-hydroxylation sites is 1. The number of carbonyl (C=O) groups is 1. The molecule has 0 bridgehead atoms. The minimum absolute atomic E-state index is 0.0410. The molecule has 2 N–H and O–H groups in total. The maximum Gasteiger partial charge on any atom is 0.261 e. The molecular weight excluding hydrogens is 482 g/mol. The van der Waals surface area contributed by atoms with Crippen molar-refractivity contribution >= 4 is 33.4 Å². The molecule has 188 valence electrons. The smallest absolute Gasteiger partial charge is 0.261 e. The second-order valence-corrected chi connectivity index (χ2v) is 10.1. The molecule has 1 atom stereocenters. The Hall–Kier alpha value is -4.87. The molecule has 0 aliphatic carbocycles. The number of nitrogens with one attached hydrogen (secondary N) is 1. The van der Waals surface area contributed by atoms with E-state index in [1.807, 2.05) is 61.5 Å². The van der Waals surface area contributed by atoms with E-state index in [1.165, 1.54) is 0 Å². The molecule has 7 rings (SSSR count). The normalized spacial score (nSPS) is 16.4. The summed E-state index contributed by atoms with van der Waals surface area (Å²) in [6, 6.07) is 36.0. The molecule has 3 heterocycles. The molecule has 6 aromatic rings. The summed E-state index contributed by atoms with van der Waals surface area (Å²) >= 11 is 0. The zero-order valence-corrected chi connectivity index (χ0v) is 21.3. The van der Waals surface area contributed by atoms with Gasteiger partial charge in [0.1, 0.15) is 0 Å². The average molecular weight is 508 g/mol. The van der Waals surface area contributed by atoms with Gasteiger partial charge in [-0.15, -0.1) is 0 Å². The molecule has 0 fully saturated rings. The Morgan fingerprint density at radius 2 is 1.28 bits per heavy atom. The predicted octanol–water partition coefficient (Wildman–Crippen LogP) is 6.81. The number of fused-ring (bicyclic) bond motifs is 4. The standard InChI is InChI=1S/C34H25N3O2/c1-21-18-27(22-10-4-2-5-11-22)25-16-17-26-28(23-12-6-3-7-13-23)19-24(36-32(26)31(25)35-21)20-34(39)29-14-8-9-15-30(29)37-33(34)38/h2-19,39H,20H2,1H3,(H,37,38)/t34-/m0/s1. The average Bonchev–Trinajstić information content (AvgIpc) is 3.22. The lowest BCUT2D eigenvalue weighted by atomic mass is 9.88. The third-order valence-corrected chi connectivity index (χ3v) is 7.54. The summed E-state index contributed by atoms with van der Waals surface area (Å²) < 4.78 is 0. The van der Waals surface area contributed by atoms with Gasteiger partial charge in [-0.05, 0) is 47.4 Å². The van der Waals surface area contributed by atoms with E-state index >= 15 is 0 Å². The molecule has 0 radical (unpaired) electrons. The molecule has 5 heteroatoms. The van der Waals surface area contributed by atoms with E-state index in [0.717, 1.165) is 49.8 Å². The van der Waals surface area contributed by atoms with Gasteiger partial charge in [0.25, 0.3) is 5.91 Å². The molecule has 39 heavy (non-hydrogen) atoms. The monoisotopic (exact) mass is 507 g/mol. The van der Waals surface area contributed by atoms with Crippen LogP contribution in [0, 0.1) is 6.92 Å². The van der Waals surface area contributed by atoms with Gasteiger partial charge in [0.05, 0.1) is 11.0 Å². The van der Waals surface area contributed by atoms with Gasteiger partial charge >= 0.3 is 0 Å². The van der Waals surface area contributed by atoms with E-state index < -0.39 is 11.5 Å². The van der Waals surface area contributed by atoms with E-state index in [1.54, 1.807) is 12.1 Å². The number of aromatic nitrogens is 2. The van der Waals surface area contributed by atoms with Crippen molar-refractivity contribution in [2.75, 3.05) is 5.32 Å². The first-order valence-electron chi connectivity index (χ1n) is 13.0. The molecule has 1 aliphatic heterocycles. The van der Waals surface area contributed by atoms with Crippen LogP contribution in [0.1, 0.15) is 17.0 Å². The van der Waals surface area contributed by atoms with E-state index in [2.05, 4.69) is 47.8 Å². The Morgan fingerprint density at radius 3 is 1.95 bits per heavy atom. The van der Waals surface area contributed by atoms with Gasteiger partial charge in [-0.25, -0.2) is 0 Å². The SMILES string of the molecule is Cc1cc(-c2ccccc2)c2ccc3c(-c4ccccc4)cc(C[C@@]4(O)C(=O)Nc5ccccc54)nc3c2n1. The van der Waals surface area contributed by atoms with Crippen LogP contribution in [-0.2, 0) is 16.8 Å². The van der Waals surface area contributed by atoms with Crippen LogP contribution in [-0.4, -0.2) is 21.0 Å². The van der Waals surface area contributed by atoms with E-state index in [9.17, 15) is 9.90 Å². The van der Waals surface area contributed by atoms with Crippen LogP contribution in [0.25, 0.3) is 44.1 Å². The molecular formula is C34H25N3O2. The summed E-state index contributed by atoms with van der Waals surface area (Å²) in [7, 11) is 0. The summed E-state index contributed by atoms with van der Waals surface area (Å²) in [5.74, 6) is -0.440.